The second kappa shape index (κ2) is 3.75. The number of alkyl halides is 3. The minimum Gasteiger partial charge on any atom is -0.404 e. The van der Waals surface area contributed by atoms with E-state index in [-0.39, 0.29) is 11.3 Å². The summed E-state index contributed by atoms with van der Waals surface area (Å²) < 4.78 is 40.2. The average Bonchev–Trinajstić information content (AvgIpc) is 2.98. The molecule has 2 rings (SSSR count). The summed E-state index contributed by atoms with van der Waals surface area (Å²) in [6, 6.07) is 4.64. The number of benzene rings is 1. The standard InChI is InChI=1S/C12H9F3O/c1-2-8-3-6-10(9-4-5-9)7-11(8)16-12(13,14)15/h1,3,6-7,9H,4-5H2. The Morgan fingerprint density at radius 3 is 2.50 bits per heavy atom. The summed E-state index contributed by atoms with van der Waals surface area (Å²) in [5.41, 5.74) is 0.986. The highest BCUT2D eigenvalue weighted by atomic mass is 19.4. The molecule has 0 amide bonds. The first-order valence-corrected chi connectivity index (χ1v) is 4.86. The SMILES string of the molecule is C#Cc1ccc(C2CC2)cc1OC(F)(F)F. The van der Waals surface area contributed by atoms with Gasteiger partial charge in [0.2, 0.25) is 0 Å². The lowest BCUT2D eigenvalue weighted by Gasteiger charge is -2.11. The van der Waals surface area contributed by atoms with Crippen LogP contribution < -0.4 is 4.74 Å². The van der Waals surface area contributed by atoms with Gasteiger partial charge in [-0.2, -0.15) is 0 Å². The quantitative estimate of drug-likeness (QED) is 0.702. The van der Waals surface area contributed by atoms with Crippen molar-refractivity contribution in [1.29, 1.82) is 0 Å². The van der Waals surface area contributed by atoms with Crippen LogP contribution in [0.3, 0.4) is 0 Å². The number of rotatable bonds is 2. The van der Waals surface area contributed by atoms with Gasteiger partial charge in [0.15, 0.2) is 0 Å². The fraction of sp³-hybridized carbons (Fsp3) is 0.333. The van der Waals surface area contributed by atoms with E-state index in [1.54, 1.807) is 6.07 Å². The summed E-state index contributed by atoms with van der Waals surface area (Å²) in [5, 5.41) is 0. The molecule has 0 aromatic heterocycles. The van der Waals surface area contributed by atoms with Gasteiger partial charge in [0, 0.05) is 0 Å². The van der Waals surface area contributed by atoms with Crippen molar-refractivity contribution in [2.45, 2.75) is 25.1 Å². The molecule has 0 saturated heterocycles. The Hall–Kier alpha value is -1.63. The molecular weight excluding hydrogens is 217 g/mol. The highest BCUT2D eigenvalue weighted by molar-refractivity contribution is 5.48. The van der Waals surface area contributed by atoms with Crippen LogP contribution in [0.25, 0.3) is 0 Å². The highest BCUT2D eigenvalue weighted by Gasteiger charge is 2.33. The Morgan fingerprint density at radius 2 is 2.00 bits per heavy atom. The summed E-state index contributed by atoms with van der Waals surface area (Å²) in [6.45, 7) is 0. The van der Waals surface area contributed by atoms with Crippen LogP contribution in [0.2, 0.25) is 0 Å². The maximum atomic E-state index is 12.1. The van der Waals surface area contributed by atoms with E-state index in [9.17, 15) is 13.2 Å². The van der Waals surface area contributed by atoms with Crippen molar-refractivity contribution in [2.75, 3.05) is 0 Å². The molecule has 0 atom stereocenters. The first kappa shape index (κ1) is 10.9. The Bertz CT molecular complexity index is 439. The third kappa shape index (κ3) is 2.48. The molecule has 16 heavy (non-hydrogen) atoms. The number of hydrogen-bond donors (Lipinski definition) is 0. The molecule has 0 bridgehead atoms. The van der Waals surface area contributed by atoms with E-state index in [0.29, 0.717) is 5.92 Å². The topological polar surface area (TPSA) is 9.23 Å². The number of hydrogen-bond acceptors (Lipinski definition) is 1. The molecular formula is C12H9F3O. The maximum absolute atomic E-state index is 12.1. The zero-order valence-electron chi connectivity index (χ0n) is 8.34. The van der Waals surface area contributed by atoms with Crippen LogP contribution in [0.5, 0.6) is 5.75 Å². The molecule has 0 spiro atoms. The average molecular weight is 226 g/mol. The lowest BCUT2D eigenvalue weighted by Crippen LogP contribution is -2.18. The smallest absolute Gasteiger partial charge is 0.404 e. The predicted molar refractivity (Wildman–Crippen MR) is 53.0 cm³/mol. The molecule has 0 radical (unpaired) electrons. The Labute approximate surface area is 91.2 Å². The molecule has 1 aliphatic rings. The highest BCUT2D eigenvalue weighted by Crippen LogP contribution is 2.42. The minimum absolute atomic E-state index is 0.127. The van der Waals surface area contributed by atoms with Crippen LogP contribution in [-0.2, 0) is 0 Å². The van der Waals surface area contributed by atoms with Gasteiger partial charge in [-0.15, -0.1) is 19.6 Å². The summed E-state index contributed by atoms with van der Waals surface area (Å²) in [7, 11) is 0. The van der Waals surface area contributed by atoms with Crippen LogP contribution >= 0.6 is 0 Å². The van der Waals surface area contributed by atoms with Crippen molar-refractivity contribution in [2.24, 2.45) is 0 Å². The third-order valence-corrected chi connectivity index (χ3v) is 2.44. The van der Waals surface area contributed by atoms with Gasteiger partial charge in [0.25, 0.3) is 0 Å². The van der Waals surface area contributed by atoms with Crippen LogP contribution in [-0.4, -0.2) is 6.36 Å². The molecule has 84 valence electrons. The molecule has 1 nitrogen and oxygen atoms in total. The molecule has 1 aromatic carbocycles. The van der Waals surface area contributed by atoms with Gasteiger partial charge in [-0.3, -0.25) is 0 Å². The second-order valence-corrected chi connectivity index (χ2v) is 3.72. The van der Waals surface area contributed by atoms with Crippen molar-refractivity contribution in [3.63, 3.8) is 0 Å². The molecule has 1 aromatic rings. The van der Waals surface area contributed by atoms with Gasteiger partial charge < -0.3 is 4.74 Å². The van der Waals surface area contributed by atoms with Crippen molar-refractivity contribution < 1.29 is 17.9 Å². The van der Waals surface area contributed by atoms with E-state index < -0.39 is 6.36 Å². The molecule has 4 heteroatoms. The monoisotopic (exact) mass is 226 g/mol. The van der Waals surface area contributed by atoms with Crippen molar-refractivity contribution in [3.05, 3.63) is 29.3 Å². The van der Waals surface area contributed by atoms with Crippen molar-refractivity contribution in [3.8, 4) is 18.1 Å². The van der Waals surface area contributed by atoms with E-state index >= 15 is 0 Å². The summed E-state index contributed by atoms with van der Waals surface area (Å²) in [5.74, 6) is 2.26. The zero-order valence-corrected chi connectivity index (χ0v) is 8.34. The van der Waals surface area contributed by atoms with Crippen LogP contribution in [0.4, 0.5) is 13.2 Å². The van der Waals surface area contributed by atoms with Crippen molar-refractivity contribution in [1.82, 2.24) is 0 Å². The van der Waals surface area contributed by atoms with E-state index in [1.165, 1.54) is 12.1 Å². The Balaban J connectivity index is 2.32. The van der Waals surface area contributed by atoms with E-state index in [4.69, 9.17) is 6.42 Å². The van der Waals surface area contributed by atoms with Gasteiger partial charge >= 0.3 is 6.36 Å². The molecule has 1 saturated carbocycles. The normalized spacial score (nSPS) is 15.6. The lowest BCUT2D eigenvalue weighted by molar-refractivity contribution is -0.274. The van der Waals surface area contributed by atoms with Gasteiger partial charge in [0.05, 0.1) is 5.56 Å². The third-order valence-electron chi connectivity index (χ3n) is 2.44. The van der Waals surface area contributed by atoms with Crippen LogP contribution in [0.1, 0.15) is 29.9 Å². The zero-order chi connectivity index (χ0) is 11.8. The number of ether oxygens (including phenoxy) is 1. The molecule has 0 aliphatic heterocycles. The Kier molecular flexibility index (Phi) is 2.55. The van der Waals surface area contributed by atoms with E-state index in [0.717, 1.165) is 18.4 Å². The van der Waals surface area contributed by atoms with E-state index in [1.807, 2.05) is 0 Å². The molecule has 1 aliphatic carbocycles. The Morgan fingerprint density at radius 1 is 1.31 bits per heavy atom. The first-order valence-electron chi connectivity index (χ1n) is 4.86. The molecule has 1 fully saturated rings. The number of terminal acetylenes is 1. The minimum atomic E-state index is -4.70. The van der Waals surface area contributed by atoms with Gasteiger partial charge in [0.1, 0.15) is 5.75 Å². The predicted octanol–water partition coefficient (Wildman–Crippen LogP) is 3.44. The van der Waals surface area contributed by atoms with Crippen LogP contribution in [0, 0.1) is 12.3 Å². The first-order chi connectivity index (χ1) is 7.49. The summed E-state index contributed by atoms with van der Waals surface area (Å²) in [6.07, 6.45) is 2.44. The second-order valence-electron chi connectivity index (χ2n) is 3.72. The summed E-state index contributed by atoms with van der Waals surface area (Å²) in [4.78, 5) is 0. The van der Waals surface area contributed by atoms with Crippen LogP contribution in [0.15, 0.2) is 18.2 Å². The summed E-state index contributed by atoms with van der Waals surface area (Å²) >= 11 is 0. The maximum Gasteiger partial charge on any atom is 0.573 e. The number of halogens is 3. The fourth-order valence-electron chi connectivity index (χ4n) is 1.54. The largest absolute Gasteiger partial charge is 0.573 e. The lowest BCUT2D eigenvalue weighted by atomic mass is 10.1. The molecule has 0 heterocycles. The van der Waals surface area contributed by atoms with E-state index in [2.05, 4.69) is 10.7 Å². The van der Waals surface area contributed by atoms with Gasteiger partial charge in [-0.1, -0.05) is 12.0 Å². The van der Waals surface area contributed by atoms with Gasteiger partial charge in [-0.05, 0) is 36.5 Å². The van der Waals surface area contributed by atoms with Gasteiger partial charge in [-0.25, -0.2) is 0 Å². The van der Waals surface area contributed by atoms with Crippen molar-refractivity contribution >= 4 is 0 Å². The molecule has 0 N–H and O–H groups in total. The fourth-order valence-corrected chi connectivity index (χ4v) is 1.54. The molecule has 0 unspecified atom stereocenters.